The maximum absolute atomic E-state index is 13.4. The largest absolute Gasteiger partial charge is 0.351 e. The molecule has 0 aliphatic carbocycles. The molecule has 1 amide bonds. The van der Waals surface area contributed by atoms with Crippen molar-refractivity contribution in [3.63, 3.8) is 0 Å². The molecule has 0 saturated carbocycles. The Kier molecular flexibility index (Phi) is 7.36. The lowest BCUT2D eigenvalue weighted by atomic mass is 10.1. The van der Waals surface area contributed by atoms with Gasteiger partial charge in [-0.2, -0.15) is 8.61 Å². The van der Waals surface area contributed by atoms with Crippen LogP contribution >= 0.6 is 0 Å². The second-order valence-electron chi connectivity index (χ2n) is 8.27. The SMILES string of the molecule is Cc1ccccc1CNC(=O)C1CN(S(=O)(=O)c2ccccc2)CCN1S(=O)(=O)c1ccccc1. The maximum Gasteiger partial charge on any atom is 0.243 e. The summed E-state index contributed by atoms with van der Waals surface area (Å²) < 4.78 is 55.6. The Morgan fingerprint density at radius 2 is 1.34 bits per heavy atom. The molecule has 4 rings (SSSR count). The highest BCUT2D eigenvalue weighted by molar-refractivity contribution is 7.89. The Bertz CT molecular complexity index is 1400. The predicted molar refractivity (Wildman–Crippen MR) is 132 cm³/mol. The van der Waals surface area contributed by atoms with Crippen molar-refractivity contribution in [3.05, 3.63) is 96.1 Å². The quantitative estimate of drug-likeness (QED) is 0.523. The van der Waals surface area contributed by atoms with Crippen molar-refractivity contribution < 1.29 is 21.6 Å². The van der Waals surface area contributed by atoms with Crippen molar-refractivity contribution in [1.82, 2.24) is 13.9 Å². The van der Waals surface area contributed by atoms with Crippen molar-refractivity contribution in [2.75, 3.05) is 19.6 Å². The number of aryl methyl sites for hydroxylation is 1. The zero-order chi connectivity index (χ0) is 25.1. The number of amides is 1. The monoisotopic (exact) mass is 513 g/mol. The van der Waals surface area contributed by atoms with Gasteiger partial charge in [-0.3, -0.25) is 4.79 Å². The fourth-order valence-electron chi connectivity index (χ4n) is 4.04. The molecule has 0 aromatic heterocycles. The third-order valence-electron chi connectivity index (χ3n) is 6.04. The Morgan fingerprint density at radius 1 is 0.800 bits per heavy atom. The van der Waals surface area contributed by atoms with Crippen LogP contribution in [-0.4, -0.2) is 57.0 Å². The van der Waals surface area contributed by atoms with Crippen LogP contribution in [0.4, 0.5) is 0 Å². The Hall–Kier alpha value is -3.05. The first-order valence-corrected chi connectivity index (χ1v) is 14.0. The van der Waals surface area contributed by atoms with Crippen LogP contribution in [0.1, 0.15) is 11.1 Å². The van der Waals surface area contributed by atoms with Crippen molar-refractivity contribution in [1.29, 1.82) is 0 Å². The summed E-state index contributed by atoms with van der Waals surface area (Å²) in [6.45, 7) is 1.62. The van der Waals surface area contributed by atoms with Crippen LogP contribution < -0.4 is 5.32 Å². The molecule has 1 heterocycles. The fourth-order valence-corrected chi connectivity index (χ4v) is 7.09. The summed E-state index contributed by atoms with van der Waals surface area (Å²) in [6.07, 6.45) is 0. The number of nitrogens with one attached hydrogen (secondary N) is 1. The smallest absolute Gasteiger partial charge is 0.243 e. The third kappa shape index (κ3) is 5.30. The van der Waals surface area contributed by atoms with Gasteiger partial charge in [0, 0.05) is 26.2 Å². The number of piperazine rings is 1. The summed E-state index contributed by atoms with van der Waals surface area (Å²) in [5, 5.41) is 2.81. The predicted octanol–water partition coefficient (Wildman–Crippen LogP) is 2.38. The van der Waals surface area contributed by atoms with Crippen molar-refractivity contribution in [2.45, 2.75) is 29.3 Å². The van der Waals surface area contributed by atoms with Crippen molar-refractivity contribution in [3.8, 4) is 0 Å². The number of rotatable bonds is 7. The van der Waals surface area contributed by atoms with Gasteiger partial charge in [0.15, 0.2) is 0 Å². The number of carbonyl (C=O) groups excluding carboxylic acids is 1. The zero-order valence-electron chi connectivity index (χ0n) is 19.2. The molecule has 10 heteroatoms. The van der Waals surface area contributed by atoms with E-state index in [4.69, 9.17) is 0 Å². The summed E-state index contributed by atoms with van der Waals surface area (Å²) in [7, 11) is -7.93. The minimum absolute atomic E-state index is 0.0519. The molecule has 1 unspecified atom stereocenters. The van der Waals surface area contributed by atoms with Gasteiger partial charge in [-0.25, -0.2) is 16.8 Å². The van der Waals surface area contributed by atoms with Crippen LogP contribution in [0.2, 0.25) is 0 Å². The van der Waals surface area contributed by atoms with Crippen LogP contribution in [-0.2, 0) is 31.4 Å². The van der Waals surface area contributed by atoms with Crippen LogP contribution in [0.25, 0.3) is 0 Å². The standard InChI is InChI=1S/C25H27N3O5S2/c1-20-10-8-9-11-21(20)18-26-25(29)24-19-27(34(30,31)22-12-4-2-5-13-22)16-17-28(24)35(32,33)23-14-6-3-7-15-23/h2-15,24H,16-19H2,1H3,(H,26,29). The summed E-state index contributed by atoms with van der Waals surface area (Å²) in [4.78, 5) is 13.5. The van der Waals surface area contributed by atoms with Crippen molar-refractivity contribution >= 4 is 26.0 Å². The average Bonchev–Trinajstić information content (AvgIpc) is 2.88. The molecule has 1 aliphatic rings. The van der Waals surface area contributed by atoms with Gasteiger partial charge in [0.25, 0.3) is 0 Å². The van der Waals surface area contributed by atoms with E-state index in [1.54, 1.807) is 36.4 Å². The second-order valence-corrected chi connectivity index (χ2v) is 12.1. The molecular weight excluding hydrogens is 486 g/mol. The van der Waals surface area contributed by atoms with Crippen LogP contribution in [0.3, 0.4) is 0 Å². The lowest BCUT2D eigenvalue weighted by molar-refractivity contribution is -0.126. The van der Waals surface area contributed by atoms with Gasteiger partial charge < -0.3 is 5.32 Å². The molecule has 1 N–H and O–H groups in total. The molecular formula is C25H27N3O5S2. The molecule has 0 spiro atoms. The van der Waals surface area contributed by atoms with E-state index in [1.165, 1.54) is 28.6 Å². The van der Waals surface area contributed by atoms with E-state index >= 15 is 0 Å². The highest BCUT2D eigenvalue weighted by atomic mass is 32.2. The molecule has 0 radical (unpaired) electrons. The molecule has 1 saturated heterocycles. The first-order chi connectivity index (χ1) is 16.7. The normalized spacial score (nSPS) is 17.7. The Labute approximate surface area is 206 Å². The Balaban J connectivity index is 1.64. The lowest BCUT2D eigenvalue weighted by Crippen LogP contribution is -2.61. The Morgan fingerprint density at radius 3 is 1.94 bits per heavy atom. The molecule has 0 bridgehead atoms. The highest BCUT2D eigenvalue weighted by Gasteiger charge is 2.43. The van der Waals surface area contributed by atoms with Crippen LogP contribution in [0, 0.1) is 6.92 Å². The summed E-state index contributed by atoms with van der Waals surface area (Å²) >= 11 is 0. The van der Waals surface area contributed by atoms with Gasteiger partial charge in [-0.15, -0.1) is 0 Å². The van der Waals surface area contributed by atoms with Crippen molar-refractivity contribution in [2.24, 2.45) is 0 Å². The molecule has 35 heavy (non-hydrogen) atoms. The number of sulfonamides is 2. The van der Waals surface area contributed by atoms with Gasteiger partial charge in [-0.05, 0) is 42.3 Å². The molecule has 3 aromatic carbocycles. The maximum atomic E-state index is 13.4. The highest BCUT2D eigenvalue weighted by Crippen LogP contribution is 2.25. The van der Waals surface area contributed by atoms with Gasteiger partial charge >= 0.3 is 0 Å². The topological polar surface area (TPSA) is 104 Å². The zero-order valence-corrected chi connectivity index (χ0v) is 20.9. The third-order valence-corrected chi connectivity index (χ3v) is 9.84. The number of benzene rings is 3. The average molecular weight is 514 g/mol. The van der Waals surface area contributed by atoms with Crippen LogP contribution in [0.5, 0.6) is 0 Å². The molecule has 1 aliphatic heterocycles. The fraction of sp³-hybridized carbons (Fsp3) is 0.240. The van der Waals surface area contributed by atoms with Gasteiger partial charge in [0.2, 0.25) is 26.0 Å². The summed E-state index contributed by atoms with van der Waals surface area (Å²) in [5.41, 5.74) is 1.88. The second kappa shape index (κ2) is 10.3. The first kappa shape index (κ1) is 25.1. The summed E-state index contributed by atoms with van der Waals surface area (Å²) in [6, 6.07) is 22.1. The van der Waals surface area contributed by atoms with E-state index in [-0.39, 0.29) is 36.0 Å². The molecule has 184 valence electrons. The lowest BCUT2D eigenvalue weighted by Gasteiger charge is -2.39. The van der Waals surface area contributed by atoms with E-state index < -0.39 is 32.0 Å². The summed E-state index contributed by atoms with van der Waals surface area (Å²) in [5.74, 6) is -0.555. The molecule has 3 aromatic rings. The van der Waals surface area contributed by atoms with E-state index in [0.29, 0.717) is 0 Å². The minimum atomic E-state index is -4.03. The van der Waals surface area contributed by atoms with Gasteiger partial charge in [-0.1, -0.05) is 60.7 Å². The molecule has 8 nitrogen and oxygen atoms in total. The van der Waals surface area contributed by atoms with E-state index in [2.05, 4.69) is 5.32 Å². The number of hydrogen-bond donors (Lipinski definition) is 1. The van der Waals surface area contributed by atoms with E-state index in [9.17, 15) is 21.6 Å². The molecule has 1 fully saturated rings. The van der Waals surface area contributed by atoms with E-state index in [0.717, 1.165) is 15.4 Å². The number of nitrogens with zero attached hydrogens (tertiary/aromatic N) is 2. The van der Waals surface area contributed by atoms with E-state index in [1.807, 2.05) is 31.2 Å². The molecule has 1 atom stereocenters. The first-order valence-electron chi connectivity index (χ1n) is 11.2. The minimum Gasteiger partial charge on any atom is -0.351 e. The van der Waals surface area contributed by atoms with Gasteiger partial charge in [0.05, 0.1) is 9.79 Å². The van der Waals surface area contributed by atoms with Crippen LogP contribution in [0.15, 0.2) is 94.7 Å². The number of carbonyl (C=O) groups is 1. The van der Waals surface area contributed by atoms with Gasteiger partial charge in [0.1, 0.15) is 6.04 Å². The number of hydrogen-bond acceptors (Lipinski definition) is 5.